The Morgan fingerprint density at radius 3 is 2.65 bits per heavy atom. The SMILES string of the molecule is CCNC(=NCc1cc(C)ccc1OC(F)F)NCCNC(=O)C1CC1. The van der Waals surface area contributed by atoms with Crippen molar-refractivity contribution < 1.29 is 18.3 Å². The zero-order valence-electron chi connectivity index (χ0n) is 15.1. The summed E-state index contributed by atoms with van der Waals surface area (Å²) in [6.45, 7) is 2.83. The molecule has 3 N–H and O–H groups in total. The van der Waals surface area contributed by atoms with Gasteiger partial charge in [0.2, 0.25) is 5.91 Å². The molecule has 1 aliphatic rings. The van der Waals surface area contributed by atoms with Crippen molar-refractivity contribution in [2.75, 3.05) is 19.6 Å². The van der Waals surface area contributed by atoms with Crippen LogP contribution in [0.5, 0.6) is 5.75 Å². The predicted molar refractivity (Wildman–Crippen MR) is 96.4 cm³/mol. The third-order valence-electron chi connectivity index (χ3n) is 3.85. The molecule has 0 aromatic heterocycles. The number of aliphatic imine (C=N–C) groups is 1. The van der Waals surface area contributed by atoms with Gasteiger partial charge in [0.25, 0.3) is 0 Å². The van der Waals surface area contributed by atoms with Gasteiger partial charge in [-0.2, -0.15) is 8.78 Å². The number of amides is 1. The molecule has 1 aromatic carbocycles. The van der Waals surface area contributed by atoms with Crippen molar-refractivity contribution in [1.82, 2.24) is 16.0 Å². The van der Waals surface area contributed by atoms with Crippen molar-refractivity contribution in [3.05, 3.63) is 29.3 Å². The molecule has 1 saturated carbocycles. The molecule has 0 aliphatic heterocycles. The number of nitrogens with zero attached hydrogens (tertiary/aromatic N) is 1. The molecule has 0 spiro atoms. The molecule has 144 valence electrons. The smallest absolute Gasteiger partial charge is 0.387 e. The highest BCUT2D eigenvalue weighted by Gasteiger charge is 2.28. The molecule has 0 bridgehead atoms. The predicted octanol–water partition coefficient (Wildman–Crippen LogP) is 2.18. The molecule has 1 aromatic rings. The van der Waals surface area contributed by atoms with Gasteiger partial charge >= 0.3 is 6.61 Å². The van der Waals surface area contributed by atoms with Gasteiger partial charge in [-0.25, -0.2) is 4.99 Å². The van der Waals surface area contributed by atoms with Gasteiger partial charge in [-0.15, -0.1) is 0 Å². The highest BCUT2D eigenvalue weighted by molar-refractivity contribution is 5.81. The molecule has 1 amide bonds. The van der Waals surface area contributed by atoms with Crippen LogP contribution < -0.4 is 20.7 Å². The van der Waals surface area contributed by atoms with Gasteiger partial charge in [-0.3, -0.25) is 4.79 Å². The van der Waals surface area contributed by atoms with Crippen LogP contribution in [-0.4, -0.2) is 38.1 Å². The topological polar surface area (TPSA) is 74.8 Å². The fraction of sp³-hybridized carbons (Fsp3) is 0.556. The summed E-state index contributed by atoms with van der Waals surface area (Å²) in [6, 6.07) is 5.03. The minimum atomic E-state index is -2.87. The number of hydrogen-bond donors (Lipinski definition) is 3. The second-order valence-electron chi connectivity index (χ2n) is 6.18. The summed E-state index contributed by atoms with van der Waals surface area (Å²) in [7, 11) is 0. The summed E-state index contributed by atoms with van der Waals surface area (Å²) in [5.74, 6) is 0.966. The minimum absolute atomic E-state index is 0.0993. The van der Waals surface area contributed by atoms with Crippen LogP contribution in [0.4, 0.5) is 8.78 Å². The Hall–Kier alpha value is -2.38. The molecule has 6 nitrogen and oxygen atoms in total. The Morgan fingerprint density at radius 2 is 2.00 bits per heavy atom. The summed E-state index contributed by atoms with van der Waals surface area (Å²) < 4.78 is 29.6. The van der Waals surface area contributed by atoms with E-state index in [0.717, 1.165) is 18.4 Å². The Kier molecular flexibility index (Phi) is 7.62. The Morgan fingerprint density at radius 1 is 1.27 bits per heavy atom. The molecule has 0 atom stereocenters. The lowest BCUT2D eigenvalue weighted by Gasteiger charge is -2.13. The normalized spacial score (nSPS) is 14.3. The van der Waals surface area contributed by atoms with Crippen molar-refractivity contribution in [2.45, 2.75) is 39.8 Å². The number of carbonyl (C=O) groups excluding carboxylic acids is 1. The fourth-order valence-electron chi connectivity index (χ4n) is 2.41. The number of alkyl halides is 2. The summed E-state index contributed by atoms with van der Waals surface area (Å²) in [6.07, 6.45) is 1.95. The summed E-state index contributed by atoms with van der Waals surface area (Å²) in [5, 5.41) is 9.07. The van der Waals surface area contributed by atoms with E-state index < -0.39 is 6.61 Å². The maximum absolute atomic E-state index is 12.5. The number of ether oxygens (including phenoxy) is 1. The first kappa shape index (κ1) is 19.9. The van der Waals surface area contributed by atoms with Crippen molar-refractivity contribution >= 4 is 11.9 Å². The number of aryl methyl sites for hydroxylation is 1. The third-order valence-corrected chi connectivity index (χ3v) is 3.85. The van der Waals surface area contributed by atoms with E-state index in [2.05, 4.69) is 25.7 Å². The van der Waals surface area contributed by atoms with Crippen molar-refractivity contribution in [3.8, 4) is 5.75 Å². The summed E-state index contributed by atoms with van der Waals surface area (Å²) in [5.41, 5.74) is 1.53. The van der Waals surface area contributed by atoms with Gasteiger partial charge in [0.15, 0.2) is 5.96 Å². The fourth-order valence-corrected chi connectivity index (χ4v) is 2.41. The molecule has 26 heavy (non-hydrogen) atoms. The number of halogens is 2. The maximum atomic E-state index is 12.5. The number of hydrogen-bond acceptors (Lipinski definition) is 3. The maximum Gasteiger partial charge on any atom is 0.387 e. The van der Waals surface area contributed by atoms with Crippen LogP contribution in [0.3, 0.4) is 0 Å². The standard InChI is InChI=1S/C18H26F2N4O2/c1-3-21-18(23-9-8-22-16(25)13-5-6-13)24-11-14-10-12(2)4-7-15(14)26-17(19)20/h4,7,10,13,17H,3,5-6,8-9,11H2,1-2H3,(H,22,25)(H2,21,23,24). The molecule has 0 unspecified atom stereocenters. The molecular formula is C18H26F2N4O2. The Bertz CT molecular complexity index is 634. The van der Waals surface area contributed by atoms with E-state index in [1.807, 2.05) is 13.8 Å². The van der Waals surface area contributed by atoms with Crippen LogP contribution in [0.2, 0.25) is 0 Å². The van der Waals surface area contributed by atoms with Crippen molar-refractivity contribution in [1.29, 1.82) is 0 Å². The van der Waals surface area contributed by atoms with Gasteiger partial charge in [0.1, 0.15) is 5.75 Å². The van der Waals surface area contributed by atoms with Gasteiger partial charge < -0.3 is 20.7 Å². The highest BCUT2D eigenvalue weighted by atomic mass is 19.3. The van der Waals surface area contributed by atoms with Crippen LogP contribution >= 0.6 is 0 Å². The average Bonchev–Trinajstić information content (AvgIpc) is 3.43. The van der Waals surface area contributed by atoms with Gasteiger partial charge in [-0.1, -0.05) is 17.7 Å². The Balaban J connectivity index is 1.90. The second-order valence-corrected chi connectivity index (χ2v) is 6.18. The first-order valence-electron chi connectivity index (χ1n) is 8.83. The van der Waals surface area contributed by atoms with Crippen LogP contribution in [0.15, 0.2) is 23.2 Å². The molecule has 1 aliphatic carbocycles. The first-order chi connectivity index (χ1) is 12.5. The van der Waals surface area contributed by atoms with Crippen LogP contribution in [-0.2, 0) is 11.3 Å². The number of rotatable bonds is 9. The quantitative estimate of drug-likeness (QED) is 0.355. The lowest BCUT2D eigenvalue weighted by molar-refractivity contribution is -0.122. The van der Waals surface area contributed by atoms with E-state index in [4.69, 9.17) is 0 Å². The minimum Gasteiger partial charge on any atom is -0.434 e. The lowest BCUT2D eigenvalue weighted by atomic mass is 10.1. The summed E-state index contributed by atoms with van der Waals surface area (Å²) >= 11 is 0. The molecule has 0 radical (unpaired) electrons. The van der Waals surface area contributed by atoms with E-state index in [9.17, 15) is 13.6 Å². The number of benzene rings is 1. The van der Waals surface area contributed by atoms with Gasteiger partial charge in [0.05, 0.1) is 6.54 Å². The molecule has 1 fully saturated rings. The summed E-state index contributed by atoms with van der Waals surface area (Å²) in [4.78, 5) is 16.0. The van der Waals surface area contributed by atoms with Crippen LogP contribution in [0.25, 0.3) is 0 Å². The zero-order chi connectivity index (χ0) is 18.9. The van der Waals surface area contributed by atoms with Crippen LogP contribution in [0, 0.1) is 12.8 Å². The first-order valence-corrected chi connectivity index (χ1v) is 8.83. The number of carbonyl (C=O) groups is 1. The second kappa shape index (κ2) is 9.94. The van der Waals surface area contributed by atoms with Crippen molar-refractivity contribution in [3.63, 3.8) is 0 Å². The van der Waals surface area contributed by atoms with E-state index in [1.54, 1.807) is 12.1 Å². The van der Waals surface area contributed by atoms with Crippen LogP contribution in [0.1, 0.15) is 30.9 Å². The largest absolute Gasteiger partial charge is 0.434 e. The third kappa shape index (κ3) is 6.85. The number of guanidine groups is 1. The number of nitrogens with one attached hydrogen (secondary N) is 3. The van der Waals surface area contributed by atoms with E-state index in [1.165, 1.54) is 6.07 Å². The average molecular weight is 368 g/mol. The van der Waals surface area contributed by atoms with Gasteiger partial charge in [0, 0.05) is 31.1 Å². The van der Waals surface area contributed by atoms with E-state index in [-0.39, 0.29) is 24.1 Å². The Labute approximate surface area is 152 Å². The molecule has 2 rings (SSSR count). The molecule has 0 heterocycles. The lowest BCUT2D eigenvalue weighted by Crippen LogP contribution is -2.41. The van der Waals surface area contributed by atoms with Crippen molar-refractivity contribution in [2.24, 2.45) is 10.9 Å². The van der Waals surface area contributed by atoms with Gasteiger partial charge in [-0.05, 0) is 32.8 Å². The highest BCUT2D eigenvalue weighted by Crippen LogP contribution is 2.28. The zero-order valence-corrected chi connectivity index (χ0v) is 15.1. The van der Waals surface area contributed by atoms with E-state index >= 15 is 0 Å². The molecular weight excluding hydrogens is 342 g/mol. The monoisotopic (exact) mass is 368 g/mol. The molecule has 8 heteroatoms. The molecule has 0 saturated heterocycles. The van der Waals surface area contributed by atoms with E-state index in [0.29, 0.717) is 31.2 Å².